The highest BCUT2D eigenvalue weighted by Crippen LogP contribution is 2.37. The number of nitrogens with zero attached hydrogens (tertiary/aromatic N) is 3. The SMILES string of the molecule is CCCCOCCOc1ccc(-c2nc(-c3ccc(OCCOCCCC)cc3O)nc(-c3ccc(OCCOCCCC)cc3O)n2)c(O)c1. The van der Waals surface area contributed by atoms with E-state index in [0.717, 1.165) is 38.5 Å². The molecule has 0 radical (unpaired) electrons. The van der Waals surface area contributed by atoms with Gasteiger partial charge in [-0.2, -0.15) is 0 Å². The third-order valence-corrected chi connectivity index (χ3v) is 7.68. The first-order valence-corrected chi connectivity index (χ1v) is 17.8. The highest BCUT2D eigenvalue weighted by Gasteiger charge is 2.19. The van der Waals surface area contributed by atoms with Crippen LogP contribution in [0.15, 0.2) is 54.6 Å². The van der Waals surface area contributed by atoms with Crippen LogP contribution in [-0.2, 0) is 14.2 Å². The van der Waals surface area contributed by atoms with Crippen LogP contribution in [0, 0.1) is 0 Å². The smallest absolute Gasteiger partial charge is 0.167 e. The molecule has 0 saturated carbocycles. The number of ether oxygens (including phenoxy) is 6. The maximum absolute atomic E-state index is 11.1. The number of aromatic nitrogens is 3. The van der Waals surface area contributed by atoms with E-state index >= 15 is 0 Å². The fourth-order valence-electron chi connectivity index (χ4n) is 4.81. The van der Waals surface area contributed by atoms with Crippen molar-refractivity contribution in [3.8, 4) is 68.7 Å². The fourth-order valence-corrected chi connectivity index (χ4v) is 4.81. The maximum atomic E-state index is 11.1. The minimum atomic E-state index is -0.120. The number of rotatable bonds is 24. The summed E-state index contributed by atoms with van der Waals surface area (Å²) >= 11 is 0. The van der Waals surface area contributed by atoms with Crippen LogP contribution < -0.4 is 14.2 Å². The molecule has 0 fully saturated rings. The number of hydrogen-bond acceptors (Lipinski definition) is 12. The van der Waals surface area contributed by atoms with E-state index in [-0.39, 0.29) is 34.7 Å². The van der Waals surface area contributed by atoms with Gasteiger partial charge in [0.25, 0.3) is 0 Å². The Morgan fingerprint density at radius 1 is 0.412 bits per heavy atom. The quantitative estimate of drug-likeness (QED) is 0.0616. The van der Waals surface area contributed by atoms with E-state index in [2.05, 4.69) is 35.7 Å². The monoisotopic (exact) mass is 705 g/mol. The molecule has 0 bridgehead atoms. The summed E-state index contributed by atoms with van der Waals surface area (Å²) in [4.78, 5) is 13.9. The number of benzene rings is 3. The third-order valence-electron chi connectivity index (χ3n) is 7.68. The summed E-state index contributed by atoms with van der Waals surface area (Å²) in [6.45, 7) is 10.6. The van der Waals surface area contributed by atoms with E-state index in [1.165, 1.54) is 18.2 Å². The Kier molecular flexibility index (Phi) is 16.5. The van der Waals surface area contributed by atoms with Gasteiger partial charge in [0.05, 0.1) is 36.5 Å². The lowest BCUT2D eigenvalue weighted by Crippen LogP contribution is -2.07. The maximum Gasteiger partial charge on any atom is 0.167 e. The predicted molar refractivity (Wildman–Crippen MR) is 195 cm³/mol. The van der Waals surface area contributed by atoms with Crippen molar-refractivity contribution in [2.45, 2.75) is 59.3 Å². The molecule has 0 unspecified atom stereocenters. The summed E-state index contributed by atoms with van der Waals surface area (Å²) < 4.78 is 33.9. The van der Waals surface area contributed by atoms with Gasteiger partial charge in [0, 0.05) is 38.0 Å². The van der Waals surface area contributed by atoms with Crippen LogP contribution in [0.25, 0.3) is 34.2 Å². The molecular weight excluding hydrogens is 654 g/mol. The Balaban J connectivity index is 1.59. The van der Waals surface area contributed by atoms with Crippen LogP contribution in [-0.4, -0.2) is 89.7 Å². The minimum Gasteiger partial charge on any atom is -0.507 e. The summed E-state index contributed by atoms with van der Waals surface area (Å²) in [5, 5.41) is 33.2. The van der Waals surface area contributed by atoms with Crippen LogP contribution in [0.2, 0.25) is 0 Å². The molecule has 276 valence electrons. The number of hydrogen-bond donors (Lipinski definition) is 3. The Bertz CT molecular complexity index is 1430. The molecule has 3 N–H and O–H groups in total. The van der Waals surface area contributed by atoms with E-state index in [1.807, 2.05) is 0 Å². The lowest BCUT2D eigenvalue weighted by molar-refractivity contribution is 0.0980. The molecule has 0 atom stereocenters. The molecular formula is C39H51N3O9. The van der Waals surface area contributed by atoms with Gasteiger partial charge in [0.1, 0.15) is 54.3 Å². The van der Waals surface area contributed by atoms with Gasteiger partial charge in [-0.25, -0.2) is 15.0 Å². The summed E-state index contributed by atoms with van der Waals surface area (Å²) in [5.74, 6) is 1.37. The molecule has 1 heterocycles. The Hall–Kier alpha value is -4.65. The normalized spacial score (nSPS) is 11.1. The molecule has 0 saturated heterocycles. The number of aromatic hydroxyl groups is 3. The van der Waals surface area contributed by atoms with Gasteiger partial charge >= 0.3 is 0 Å². The molecule has 3 aromatic carbocycles. The summed E-state index contributed by atoms with van der Waals surface area (Å²) in [6.07, 6.45) is 6.12. The van der Waals surface area contributed by atoms with Crippen LogP contribution in [0.3, 0.4) is 0 Å². The number of phenolic OH excluding ortho intramolecular Hbond substituents is 3. The van der Waals surface area contributed by atoms with E-state index < -0.39 is 0 Å². The van der Waals surface area contributed by atoms with Gasteiger partial charge in [-0.1, -0.05) is 40.0 Å². The largest absolute Gasteiger partial charge is 0.507 e. The molecule has 4 aromatic rings. The molecule has 1 aromatic heterocycles. The molecule has 51 heavy (non-hydrogen) atoms. The topological polar surface area (TPSA) is 155 Å². The summed E-state index contributed by atoms with van der Waals surface area (Å²) in [6, 6.07) is 14.5. The van der Waals surface area contributed by atoms with Crippen molar-refractivity contribution in [3.63, 3.8) is 0 Å². The summed E-state index contributed by atoms with van der Waals surface area (Å²) in [7, 11) is 0. The fraction of sp³-hybridized carbons (Fsp3) is 0.462. The van der Waals surface area contributed by atoms with Crippen molar-refractivity contribution in [1.82, 2.24) is 15.0 Å². The zero-order valence-corrected chi connectivity index (χ0v) is 29.9. The van der Waals surface area contributed by atoms with Crippen molar-refractivity contribution in [2.24, 2.45) is 0 Å². The lowest BCUT2D eigenvalue weighted by Gasteiger charge is -2.13. The third kappa shape index (κ3) is 12.6. The second kappa shape index (κ2) is 21.5. The second-order valence-corrected chi connectivity index (χ2v) is 11.8. The standard InChI is InChI=1S/C39H51N3O9/c1-4-7-16-46-19-22-49-28-10-13-31(34(43)25-28)37-40-38(32-14-11-29(26-35(32)44)50-23-20-47-17-8-5-2)42-39(41-37)33-15-12-30(27-36(33)45)51-24-21-48-18-9-6-3/h10-15,25-27,43-45H,4-9,16-24H2,1-3H3. The second-order valence-electron chi connectivity index (χ2n) is 11.8. The molecule has 0 aliphatic heterocycles. The number of unbranched alkanes of at least 4 members (excludes halogenated alkanes) is 3. The van der Waals surface area contributed by atoms with E-state index in [4.69, 9.17) is 28.4 Å². The Morgan fingerprint density at radius 3 is 0.961 bits per heavy atom. The highest BCUT2D eigenvalue weighted by atomic mass is 16.5. The first-order chi connectivity index (χ1) is 24.9. The number of phenols is 3. The van der Waals surface area contributed by atoms with Gasteiger partial charge < -0.3 is 43.7 Å². The molecule has 12 nitrogen and oxygen atoms in total. The van der Waals surface area contributed by atoms with Crippen LogP contribution in [0.5, 0.6) is 34.5 Å². The van der Waals surface area contributed by atoms with Crippen LogP contribution in [0.4, 0.5) is 0 Å². The van der Waals surface area contributed by atoms with Gasteiger partial charge in [-0.05, 0) is 55.7 Å². The highest BCUT2D eigenvalue weighted by molar-refractivity contribution is 5.74. The zero-order chi connectivity index (χ0) is 36.3. The first-order valence-electron chi connectivity index (χ1n) is 17.8. The molecule has 0 aliphatic carbocycles. The van der Waals surface area contributed by atoms with E-state index in [9.17, 15) is 15.3 Å². The van der Waals surface area contributed by atoms with E-state index in [0.29, 0.717) is 93.4 Å². The molecule has 4 rings (SSSR count). The Labute approximate surface area is 300 Å². The average Bonchev–Trinajstić information content (AvgIpc) is 3.12. The van der Waals surface area contributed by atoms with Crippen LogP contribution in [0.1, 0.15) is 59.3 Å². The van der Waals surface area contributed by atoms with Crippen molar-refractivity contribution < 1.29 is 43.7 Å². The van der Waals surface area contributed by atoms with Crippen LogP contribution >= 0.6 is 0 Å². The molecule has 12 heteroatoms. The van der Waals surface area contributed by atoms with Crippen molar-refractivity contribution in [3.05, 3.63) is 54.6 Å². The van der Waals surface area contributed by atoms with Crippen molar-refractivity contribution >= 4 is 0 Å². The average molecular weight is 706 g/mol. The summed E-state index contributed by atoms with van der Waals surface area (Å²) in [5.41, 5.74) is 0.907. The first kappa shape index (κ1) is 39.1. The van der Waals surface area contributed by atoms with E-state index in [1.54, 1.807) is 36.4 Å². The lowest BCUT2D eigenvalue weighted by atomic mass is 10.1. The van der Waals surface area contributed by atoms with Crippen molar-refractivity contribution in [2.75, 3.05) is 59.5 Å². The van der Waals surface area contributed by atoms with Crippen molar-refractivity contribution in [1.29, 1.82) is 0 Å². The predicted octanol–water partition coefficient (Wildman–Crippen LogP) is 7.58. The molecule has 0 amide bonds. The minimum absolute atomic E-state index is 0.120. The van der Waals surface area contributed by atoms with Gasteiger partial charge in [0.15, 0.2) is 17.5 Å². The van der Waals surface area contributed by atoms with Gasteiger partial charge in [-0.15, -0.1) is 0 Å². The molecule has 0 spiro atoms. The Morgan fingerprint density at radius 2 is 0.706 bits per heavy atom. The molecule has 0 aliphatic rings. The van der Waals surface area contributed by atoms with Gasteiger partial charge in [0.2, 0.25) is 0 Å². The van der Waals surface area contributed by atoms with Gasteiger partial charge in [-0.3, -0.25) is 0 Å². The zero-order valence-electron chi connectivity index (χ0n) is 29.9.